The Morgan fingerprint density at radius 3 is 2.43 bits per heavy atom. The van der Waals surface area contributed by atoms with Crippen molar-refractivity contribution >= 4 is 5.91 Å². The van der Waals surface area contributed by atoms with E-state index in [1.165, 1.54) is 14.2 Å². The zero-order valence-electron chi connectivity index (χ0n) is 9.16. The highest BCUT2D eigenvalue weighted by Crippen LogP contribution is 2.07. The highest BCUT2D eigenvalue weighted by molar-refractivity contribution is 5.84. The molecule has 0 aromatic carbocycles. The summed E-state index contributed by atoms with van der Waals surface area (Å²) in [4.78, 5) is 11.5. The summed E-state index contributed by atoms with van der Waals surface area (Å²) in [7, 11) is 2.97. The molecule has 0 aliphatic heterocycles. The van der Waals surface area contributed by atoms with E-state index < -0.39 is 5.60 Å². The van der Waals surface area contributed by atoms with Gasteiger partial charge in [-0.25, -0.2) is 0 Å². The SMILES string of the molecule is COCC(CO)NC(=O)C(C)(C)OC. The van der Waals surface area contributed by atoms with Crippen molar-refractivity contribution in [2.45, 2.75) is 25.5 Å². The minimum absolute atomic E-state index is 0.153. The van der Waals surface area contributed by atoms with Crippen molar-refractivity contribution in [3.63, 3.8) is 0 Å². The Balaban J connectivity index is 4.15. The second kappa shape index (κ2) is 5.95. The zero-order chi connectivity index (χ0) is 11.2. The van der Waals surface area contributed by atoms with Crippen molar-refractivity contribution in [2.24, 2.45) is 0 Å². The van der Waals surface area contributed by atoms with Gasteiger partial charge in [-0.05, 0) is 13.8 Å². The zero-order valence-corrected chi connectivity index (χ0v) is 9.16. The van der Waals surface area contributed by atoms with Crippen molar-refractivity contribution in [3.8, 4) is 0 Å². The van der Waals surface area contributed by atoms with E-state index in [0.29, 0.717) is 0 Å². The predicted octanol–water partition coefficient (Wildman–Crippen LogP) is -0.465. The number of amides is 1. The first-order valence-corrected chi connectivity index (χ1v) is 4.43. The molecule has 0 aromatic rings. The van der Waals surface area contributed by atoms with Gasteiger partial charge in [0.05, 0.1) is 19.3 Å². The molecule has 0 radical (unpaired) electrons. The lowest BCUT2D eigenvalue weighted by Gasteiger charge is -2.24. The maximum absolute atomic E-state index is 11.5. The molecule has 0 aliphatic carbocycles. The van der Waals surface area contributed by atoms with Crippen LogP contribution in [0.2, 0.25) is 0 Å². The Morgan fingerprint density at radius 1 is 1.50 bits per heavy atom. The summed E-state index contributed by atoms with van der Waals surface area (Å²) in [6.07, 6.45) is 0. The highest BCUT2D eigenvalue weighted by atomic mass is 16.5. The molecule has 14 heavy (non-hydrogen) atoms. The lowest BCUT2D eigenvalue weighted by molar-refractivity contribution is -0.141. The molecule has 1 unspecified atom stereocenters. The number of aliphatic hydroxyl groups excluding tert-OH is 1. The largest absolute Gasteiger partial charge is 0.394 e. The highest BCUT2D eigenvalue weighted by Gasteiger charge is 2.28. The van der Waals surface area contributed by atoms with E-state index in [9.17, 15) is 4.79 Å². The van der Waals surface area contributed by atoms with Crippen LogP contribution in [0.15, 0.2) is 0 Å². The molecule has 2 N–H and O–H groups in total. The fourth-order valence-electron chi connectivity index (χ4n) is 0.793. The summed E-state index contributed by atoms with van der Waals surface area (Å²) >= 11 is 0. The van der Waals surface area contributed by atoms with Crippen LogP contribution in [0.3, 0.4) is 0 Å². The molecule has 0 spiro atoms. The molecular formula is C9H19NO4. The molecular weight excluding hydrogens is 186 g/mol. The summed E-state index contributed by atoms with van der Waals surface area (Å²) in [6, 6.07) is -0.387. The summed E-state index contributed by atoms with van der Waals surface area (Å²) in [6.45, 7) is 3.44. The normalized spacial score (nSPS) is 13.8. The van der Waals surface area contributed by atoms with Gasteiger partial charge in [-0.1, -0.05) is 0 Å². The van der Waals surface area contributed by atoms with Crippen LogP contribution in [0.1, 0.15) is 13.8 Å². The van der Waals surface area contributed by atoms with Gasteiger partial charge in [0.15, 0.2) is 0 Å². The minimum Gasteiger partial charge on any atom is -0.394 e. The standard InChI is InChI=1S/C9H19NO4/c1-9(2,14-4)8(12)10-7(5-11)6-13-3/h7,11H,5-6H2,1-4H3,(H,10,12). The second-order valence-electron chi connectivity index (χ2n) is 3.52. The lowest BCUT2D eigenvalue weighted by Crippen LogP contribution is -2.50. The number of carbonyl (C=O) groups excluding carboxylic acids is 1. The maximum Gasteiger partial charge on any atom is 0.252 e. The quantitative estimate of drug-likeness (QED) is 0.615. The molecule has 0 aliphatic rings. The van der Waals surface area contributed by atoms with Crippen LogP contribution in [0.5, 0.6) is 0 Å². The Bertz CT molecular complexity index is 182. The first-order valence-electron chi connectivity index (χ1n) is 4.43. The molecule has 0 fully saturated rings. The summed E-state index contributed by atoms with van der Waals surface area (Å²) in [5, 5.41) is 11.5. The lowest BCUT2D eigenvalue weighted by atomic mass is 10.1. The second-order valence-corrected chi connectivity index (χ2v) is 3.52. The van der Waals surface area contributed by atoms with Crippen LogP contribution >= 0.6 is 0 Å². The number of carbonyl (C=O) groups is 1. The number of methoxy groups -OCH3 is 2. The van der Waals surface area contributed by atoms with Gasteiger partial charge >= 0.3 is 0 Å². The molecule has 0 saturated heterocycles. The smallest absolute Gasteiger partial charge is 0.252 e. The predicted molar refractivity (Wildman–Crippen MR) is 52.0 cm³/mol. The van der Waals surface area contributed by atoms with E-state index >= 15 is 0 Å². The van der Waals surface area contributed by atoms with Gasteiger partial charge in [0, 0.05) is 14.2 Å². The molecule has 0 rings (SSSR count). The Labute approximate surface area is 84.4 Å². The van der Waals surface area contributed by atoms with E-state index in [4.69, 9.17) is 14.6 Å². The van der Waals surface area contributed by atoms with Gasteiger partial charge in [-0.3, -0.25) is 4.79 Å². The molecule has 0 bridgehead atoms. The third-order valence-corrected chi connectivity index (χ3v) is 1.98. The van der Waals surface area contributed by atoms with Crippen molar-refractivity contribution in [1.82, 2.24) is 5.32 Å². The minimum atomic E-state index is -0.888. The van der Waals surface area contributed by atoms with Crippen LogP contribution in [-0.2, 0) is 14.3 Å². The van der Waals surface area contributed by atoms with Crippen LogP contribution in [0, 0.1) is 0 Å². The Morgan fingerprint density at radius 2 is 2.07 bits per heavy atom. The molecule has 0 saturated carbocycles. The first kappa shape index (κ1) is 13.4. The summed E-state index contributed by atoms with van der Waals surface area (Å²) in [5.74, 6) is -0.267. The maximum atomic E-state index is 11.5. The van der Waals surface area contributed by atoms with Gasteiger partial charge < -0.3 is 19.9 Å². The molecule has 1 atom stereocenters. The fraction of sp³-hybridized carbons (Fsp3) is 0.889. The molecule has 5 heteroatoms. The fourth-order valence-corrected chi connectivity index (χ4v) is 0.793. The van der Waals surface area contributed by atoms with Crippen molar-refractivity contribution in [1.29, 1.82) is 0 Å². The summed E-state index contributed by atoms with van der Waals surface area (Å²) in [5.41, 5.74) is -0.888. The van der Waals surface area contributed by atoms with Gasteiger partial charge in [0.2, 0.25) is 0 Å². The van der Waals surface area contributed by atoms with Crippen LogP contribution in [-0.4, -0.2) is 50.1 Å². The number of ether oxygens (including phenoxy) is 2. The number of rotatable bonds is 6. The molecule has 0 heterocycles. The van der Waals surface area contributed by atoms with Gasteiger partial charge in [-0.15, -0.1) is 0 Å². The van der Waals surface area contributed by atoms with Gasteiger partial charge in [-0.2, -0.15) is 0 Å². The van der Waals surface area contributed by atoms with E-state index in [-0.39, 0.29) is 25.2 Å². The van der Waals surface area contributed by atoms with E-state index in [1.54, 1.807) is 13.8 Å². The average Bonchev–Trinajstić information content (AvgIpc) is 2.16. The monoisotopic (exact) mass is 205 g/mol. The van der Waals surface area contributed by atoms with Gasteiger partial charge in [0.25, 0.3) is 5.91 Å². The molecule has 1 amide bonds. The first-order chi connectivity index (χ1) is 6.47. The topological polar surface area (TPSA) is 67.8 Å². The van der Waals surface area contributed by atoms with E-state index in [1.807, 2.05) is 0 Å². The number of nitrogens with one attached hydrogen (secondary N) is 1. The van der Waals surface area contributed by atoms with Crippen LogP contribution < -0.4 is 5.32 Å². The molecule has 5 nitrogen and oxygen atoms in total. The van der Waals surface area contributed by atoms with Crippen LogP contribution in [0.25, 0.3) is 0 Å². The van der Waals surface area contributed by atoms with Crippen molar-refractivity contribution in [3.05, 3.63) is 0 Å². The number of aliphatic hydroxyl groups is 1. The van der Waals surface area contributed by atoms with Gasteiger partial charge in [0.1, 0.15) is 5.60 Å². The molecule has 84 valence electrons. The third-order valence-electron chi connectivity index (χ3n) is 1.98. The molecule has 0 aromatic heterocycles. The van der Waals surface area contributed by atoms with Crippen molar-refractivity contribution < 1.29 is 19.4 Å². The third kappa shape index (κ3) is 4.04. The van der Waals surface area contributed by atoms with E-state index in [2.05, 4.69) is 5.32 Å². The summed E-state index contributed by atoms with van der Waals surface area (Å²) < 4.78 is 9.81. The van der Waals surface area contributed by atoms with E-state index in [0.717, 1.165) is 0 Å². The van der Waals surface area contributed by atoms with Crippen LogP contribution in [0.4, 0.5) is 0 Å². The Kier molecular flexibility index (Phi) is 5.68. The Hall–Kier alpha value is -0.650. The van der Waals surface area contributed by atoms with Crippen molar-refractivity contribution in [2.75, 3.05) is 27.4 Å². The average molecular weight is 205 g/mol. The number of hydrogen-bond acceptors (Lipinski definition) is 4. The number of hydrogen-bond donors (Lipinski definition) is 2.